The monoisotopic (exact) mass is 405 g/mol. The molecule has 0 radical (unpaired) electrons. The van der Waals surface area contributed by atoms with Crippen molar-refractivity contribution in [3.05, 3.63) is 76.3 Å². The minimum Gasteiger partial charge on any atom is -0.328 e. The van der Waals surface area contributed by atoms with Gasteiger partial charge < -0.3 is 4.90 Å². The van der Waals surface area contributed by atoms with E-state index in [1.165, 1.54) is 0 Å². The van der Waals surface area contributed by atoms with Gasteiger partial charge in [-0.15, -0.1) is 0 Å². The minimum absolute atomic E-state index is 0.0126. The van der Waals surface area contributed by atoms with Gasteiger partial charge in [-0.1, -0.05) is 63.4 Å². The molecule has 30 heavy (non-hydrogen) atoms. The summed E-state index contributed by atoms with van der Waals surface area (Å²) in [5.74, 6) is 0.627. The summed E-state index contributed by atoms with van der Waals surface area (Å²) in [5.41, 5.74) is 1.26. The van der Waals surface area contributed by atoms with Crippen LogP contribution < -0.4 is 5.56 Å². The predicted octanol–water partition coefficient (Wildman–Crippen LogP) is 5.11. The van der Waals surface area contributed by atoms with Gasteiger partial charge in [-0.3, -0.25) is 14.2 Å². The zero-order chi connectivity index (χ0) is 21.5. The minimum atomic E-state index is -0.262. The number of nitrogens with zero attached hydrogens (tertiary/aromatic N) is 3. The molecule has 3 aromatic rings. The Balaban J connectivity index is 2.03. The van der Waals surface area contributed by atoms with E-state index in [1.807, 2.05) is 60.4 Å². The molecule has 0 bridgehead atoms. The lowest BCUT2D eigenvalue weighted by Crippen LogP contribution is -2.39. The Labute approximate surface area is 178 Å². The average molecular weight is 406 g/mol. The molecule has 1 unspecified atom stereocenters. The van der Waals surface area contributed by atoms with Crippen LogP contribution in [-0.2, 0) is 7.05 Å². The molecule has 0 aliphatic carbocycles. The number of para-hydroxylation sites is 1. The van der Waals surface area contributed by atoms with Crippen LogP contribution >= 0.6 is 0 Å². The van der Waals surface area contributed by atoms with E-state index in [0.717, 1.165) is 25.7 Å². The average Bonchev–Trinajstić information content (AvgIpc) is 2.79. The highest BCUT2D eigenvalue weighted by Crippen LogP contribution is 2.26. The molecule has 0 aliphatic heterocycles. The van der Waals surface area contributed by atoms with Crippen LogP contribution in [0.4, 0.5) is 0 Å². The van der Waals surface area contributed by atoms with E-state index in [0.29, 0.717) is 35.3 Å². The number of rotatable bonds is 9. The fraction of sp³-hybridized carbons (Fsp3) is 0.400. The van der Waals surface area contributed by atoms with E-state index in [1.54, 1.807) is 17.7 Å². The Hall–Kier alpha value is -2.95. The molecule has 1 atom stereocenters. The molecule has 1 amide bonds. The number of carbonyl (C=O) groups excluding carboxylic acids is 1. The molecule has 5 heteroatoms. The summed E-state index contributed by atoms with van der Waals surface area (Å²) in [6, 6.07) is 16.5. The Morgan fingerprint density at radius 3 is 2.40 bits per heavy atom. The molecule has 2 aromatic carbocycles. The number of hydrogen-bond acceptors (Lipinski definition) is 3. The molecule has 0 fully saturated rings. The number of benzene rings is 2. The van der Waals surface area contributed by atoms with Crippen molar-refractivity contribution in [1.29, 1.82) is 0 Å². The van der Waals surface area contributed by atoms with Crippen LogP contribution in [0.5, 0.6) is 0 Å². The SMILES string of the molecule is CCCCCCN(C(=O)c1ccccc1)C(CC)c1nc2ccccc2c(=O)n1C. The van der Waals surface area contributed by atoms with E-state index in [-0.39, 0.29) is 17.5 Å². The first-order valence-corrected chi connectivity index (χ1v) is 10.9. The highest BCUT2D eigenvalue weighted by molar-refractivity contribution is 5.94. The molecule has 0 saturated heterocycles. The third-order valence-electron chi connectivity index (χ3n) is 5.61. The number of amides is 1. The summed E-state index contributed by atoms with van der Waals surface area (Å²) >= 11 is 0. The zero-order valence-electron chi connectivity index (χ0n) is 18.2. The molecular formula is C25H31N3O2. The third kappa shape index (κ3) is 4.61. The second-order valence-corrected chi connectivity index (χ2v) is 7.70. The topological polar surface area (TPSA) is 55.2 Å². The molecule has 158 valence electrons. The standard InChI is InChI=1S/C25H31N3O2/c1-4-6-7-13-18-28(24(29)19-14-9-8-10-15-19)22(5-2)23-26-21-17-12-11-16-20(21)25(30)27(23)3/h8-12,14-17,22H,4-7,13,18H2,1-3H3. The molecule has 1 aromatic heterocycles. The van der Waals surface area contributed by atoms with Crippen molar-refractivity contribution in [2.75, 3.05) is 6.54 Å². The van der Waals surface area contributed by atoms with Crippen LogP contribution in [0, 0.1) is 0 Å². The molecule has 3 rings (SSSR count). The molecule has 1 heterocycles. The van der Waals surface area contributed by atoms with E-state index < -0.39 is 0 Å². The summed E-state index contributed by atoms with van der Waals surface area (Å²) in [6.07, 6.45) is 4.99. The van der Waals surface area contributed by atoms with Gasteiger partial charge in [-0.25, -0.2) is 4.98 Å². The number of unbranched alkanes of at least 4 members (excludes halogenated alkanes) is 3. The van der Waals surface area contributed by atoms with Crippen molar-refractivity contribution in [2.24, 2.45) is 7.05 Å². The highest BCUT2D eigenvalue weighted by Gasteiger charge is 2.28. The maximum atomic E-state index is 13.5. The van der Waals surface area contributed by atoms with Gasteiger partial charge in [0, 0.05) is 19.2 Å². The zero-order valence-corrected chi connectivity index (χ0v) is 18.2. The maximum Gasteiger partial charge on any atom is 0.261 e. The molecule has 0 aliphatic rings. The molecule has 0 N–H and O–H groups in total. The van der Waals surface area contributed by atoms with E-state index in [9.17, 15) is 9.59 Å². The van der Waals surface area contributed by atoms with Gasteiger partial charge in [0.2, 0.25) is 0 Å². The fourth-order valence-electron chi connectivity index (χ4n) is 3.93. The summed E-state index contributed by atoms with van der Waals surface area (Å²) in [4.78, 5) is 33.1. The Kier molecular flexibility index (Phi) is 7.39. The Bertz CT molecular complexity index is 1040. The lowest BCUT2D eigenvalue weighted by atomic mass is 10.1. The second kappa shape index (κ2) is 10.2. The van der Waals surface area contributed by atoms with E-state index >= 15 is 0 Å². The van der Waals surface area contributed by atoms with Crippen molar-refractivity contribution in [2.45, 2.75) is 52.0 Å². The summed E-state index contributed by atoms with van der Waals surface area (Å²) in [7, 11) is 1.75. The van der Waals surface area contributed by atoms with Crippen LogP contribution in [0.3, 0.4) is 0 Å². The lowest BCUT2D eigenvalue weighted by Gasteiger charge is -2.32. The van der Waals surface area contributed by atoms with E-state index in [4.69, 9.17) is 4.98 Å². The normalized spacial score (nSPS) is 12.1. The summed E-state index contributed by atoms with van der Waals surface area (Å²) in [6.45, 7) is 4.87. The predicted molar refractivity (Wildman–Crippen MR) is 122 cm³/mol. The fourth-order valence-corrected chi connectivity index (χ4v) is 3.93. The van der Waals surface area contributed by atoms with Crippen molar-refractivity contribution in [3.63, 3.8) is 0 Å². The quantitative estimate of drug-likeness (QED) is 0.465. The van der Waals surface area contributed by atoms with Crippen molar-refractivity contribution < 1.29 is 4.79 Å². The Morgan fingerprint density at radius 2 is 1.70 bits per heavy atom. The van der Waals surface area contributed by atoms with Gasteiger partial charge in [0.15, 0.2) is 0 Å². The first-order chi connectivity index (χ1) is 14.6. The third-order valence-corrected chi connectivity index (χ3v) is 5.61. The van der Waals surface area contributed by atoms with Crippen LogP contribution in [-0.4, -0.2) is 26.9 Å². The maximum absolute atomic E-state index is 13.5. The van der Waals surface area contributed by atoms with Crippen LogP contribution in [0.2, 0.25) is 0 Å². The Morgan fingerprint density at radius 1 is 1.00 bits per heavy atom. The second-order valence-electron chi connectivity index (χ2n) is 7.70. The van der Waals surface area contributed by atoms with Gasteiger partial charge in [0.05, 0.1) is 16.9 Å². The number of hydrogen-bond donors (Lipinski definition) is 0. The smallest absolute Gasteiger partial charge is 0.261 e. The van der Waals surface area contributed by atoms with Crippen LogP contribution in [0.25, 0.3) is 10.9 Å². The molecule has 0 spiro atoms. The van der Waals surface area contributed by atoms with Crippen LogP contribution in [0.15, 0.2) is 59.4 Å². The number of fused-ring (bicyclic) bond motifs is 1. The van der Waals surface area contributed by atoms with Gasteiger partial charge in [-0.2, -0.15) is 0 Å². The highest BCUT2D eigenvalue weighted by atomic mass is 16.2. The van der Waals surface area contributed by atoms with Gasteiger partial charge >= 0.3 is 0 Å². The van der Waals surface area contributed by atoms with Gasteiger partial charge in [0.1, 0.15) is 5.82 Å². The van der Waals surface area contributed by atoms with Crippen molar-refractivity contribution in [3.8, 4) is 0 Å². The molecule has 0 saturated carbocycles. The first-order valence-electron chi connectivity index (χ1n) is 10.9. The van der Waals surface area contributed by atoms with Gasteiger partial charge in [-0.05, 0) is 37.1 Å². The van der Waals surface area contributed by atoms with E-state index in [2.05, 4.69) is 6.92 Å². The number of carbonyl (C=O) groups is 1. The van der Waals surface area contributed by atoms with Crippen molar-refractivity contribution >= 4 is 16.8 Å². The van der Waals surface area contributed by atoms with Crippen LogP contribution in [0.1, 0.15) is 68.2 Å². The number of aromatic nitrogens is 2. The molecule has 5 nitrogen and oxygen atoms in total. The lowest BCUT2D eigenvalue weighted by molar-refractivity contribution is 0.0653. The molecular weight excluding hydrogens is 374 g/mol. The largest absolute Gasteiger partial charge is 0.328 e. The van der Waals surface area contributed by atoms with Crippen molar-refractivity contribution in [1.82, 2.24) is 14.5 Å². The summed E-state index contributed by atoms with van der Waals surface area (Å²) < 4.78 is 1.60. The summed E-state index contributed by atoms with van der Waals surface area (Å²) in [5, 5.41) is 0.600. The van der Waals surface area contributed by atoms with Gasteiger partial charge in [0.25, 0.3) is 11.5 Å². The first kappa shape index (κ1) is 21.8.